The number of anilines is 1. The van der Waals surface area contributed by atoms with Crippen LogP contribution in [0.5, 0.6) is 0 Å². The molecule has 0 radical (unpaired) electrons. The second-order valence-electron chi connectivity index (χ2n) is 7.48. The van der Waals surface area contributed by atoms with Crippen molar-refractivity contribution in [2.45, 2.75) is 44.8 Å². The fourth-order valence-corrected chi connectivity index (χ4v) is 3.99. The van der Waals surface area contributed by atoms with Gasteiger partial charge in [0.15, 0.2) is 5.13 Å². The number of hydrogen-bond donors (Lipinski definition) is 1. The molecule has 0 unspecified atom stereocenters. The lowest BCUT2D eigenvalue weighted by Gasteiger charge is -2.28. The van der Waals surface area contributed by atoms with Gasteiger partial charge in [-0.05, 0) is 20.8 Å². The molecule has 10 heteroatoms. The molecular formula is C18H27N3O6S. The van der Waals surface area contributed by atoms with Gasteiger partial charge in [0.05, 0.1) is 26.3 Å². The van der Waals surface area contributed by atoms with Gasteiger partial charge in [-0.3, -0.25) is 9.69 Å². The number of ether oxygens (including phenoxy) is 3. The molecule has 1 aromatic heterocycles. The van der Waals surface area contributed by atoms with E-state index in [9.17, 15) is 14.4 Å². The molecule has 9 nitrogen and oxygen atoms in total. The third-order valence-electron chi connectivity index (χ3n) is 4.47. The fraction of sp³-hybridized carbons (Fsp3) is 0.667. The molecule has 1 fully saturated rings. The largest absolute Gasteiger partial charge is 0.469 e. The molecule has 1 saturated heterocycles. The summed E-state index contributed by atoms with van der Waals surface area (Å²) in [6, 6.07) is -0.969. The third-order valence-corrected chi connectivity index (χ3v) is 5.35. The molecular weight excluding hydrogens is 386 g/mol. The molecule has 156 valence electrons. The first kappa shape index (κ1) is 21.9. The number of methoxy groups -OCH3 is 2. The summed E-state index contributed by atoms with van der Waals surface area (Å²) in [6.45, 7) is 5.43. The van der Waals surface area contributed by atoms with Gasteiger partial charge in [0, 0.05) is 30.8 Å². The molecule has 1 amide bonds. The van der Waals surface area contributed by atoms with Gasteiger partial charge in [0.1, 0.15) is 11.6 Å². The number of nitrogens with one attached hydrogen (secondary N) is 1. The van der Waals surface area contributed by atoms with Crippen molar-refractivity contribution in [3.63, 3.8) is 0 Å². The number of esters is 2. The van der Waals surface area contributed by atoms with Crippen LogP contribution in [-0.2, 0) is 23.8 Å². The van der Waals surface area contributed by atoms with Gasteiger partial charge >= 0.3 is 18.0 Å². The van der Waals surface area contributed by atoms with Crippen molar-refractivity contribution in [1.29, 1.82) is 0 Å². The van der Waals surface area contributed by atoms with E-state index < -0.39 is 35.6 Å². The molecule has 0 saturated carbocycles. The second kappa shape index (κ2) is 8.76. The predicted molar refractivity (Wildman–Crippen MR) is 103 cm³/mol. The van der Waals surface area contributed by atoms with Crippen LogP contribution in [0.15, 0.2) is 5.38 Å². The number of amides is 1. The van der Waals surface area contributed by atoms with E-state index in [1.165, 1.54) is 30.5 Å². The topological polar surface area (TPSA) is 107 Å². The molecule has 2 rings (SSSR count). The molecule has 0 aliphatic carbocycles. The first-order valence-corrected chi connectivity index (χ1v) is 9.76. The Balaban J connectivity index is 2.43. The monoisotopic (exact) mass is 413 g/mol. The zero-order valence-corrected chi connectivity index (χ0v) is 17.8. The van der Waals surface area contributed by atoms with Gasteiger partial charge in [-0.2, -0.15) is 0 Å². The summed E-state index contributed by atoms with van der Waals surface area (Å²) in [5, 5.41) is 5.53. The van der Waals surface area contributed by atoms with E-state index in [-0.39, 0.29) is 18.9 Å². The van der Waals surface area contributed by atoms with Crippen molar-refractivity contribution >= 4 is 34.5 Å². The quantitative estimate of drug-likeness (QED) is 0.578. The smallest absolute Gasteiger partial charge is 0.411 e. The minimum Gasteiger partial charge on any atom is -0.469 e. The van der Waals surface area contributed by atoms with Crippen molar-refractivity contribution in [3.05, 3.63) is 11.1 Å². The number of thiazole rings is 1. The zero-order chi connectivity index (χ0) is 21.1. The Morgan fingerprint density at radius 2 is 1.96 bits per heavy atom. The number of carbonyl (C=O) groups excluding carboxylic acids is 3. The Bertz CT molecular complexity index is 729. The SMILES string of the molecule is CNc1nc([C@@H]2CN(C(=O)OC(C)(C)C)[C@H](C(=O)OC)[C@H]2CC(=O)OC)cs1. The number of carbonyl (C=O) groups is 3. The number of rotatable bonds is 5. The van der Waals surface area contributed by atoms with Crippen LogP contribution in [0.1, 0.15) is 38.8 Å². The van der Waals surface area contributed by atoms with Crippen molar-refractivity contribution in [3.8, 4) is 0 Å². The molecule has 3 atom stereocenters. The van der Waals surface area contributed by atoms with Gasteiger partial charge in [0.2, 0.25) is 0 Å². The highest BCUT2D eigenvalue weighted by molar-refractivity contribution is 7.13. The average molecular weight is 413 g/mol. The van der Waals surface area contributed by atoms with Crippen molar-refractivity contribution in [2.75, 3.05) is 33.1 Å². The van der Waals surface area contributed by atoms with Gasteiger partial charge in [0.25, 0.3) is 0 Å². The third kappa shape index (κ3) is 4.92. The molecule has 1 N–H and O–H groups in total. The highest BCUT2D eigenvalue weighted by Crippen LogP contribution is 2.41. The molecule has 2 heterocycles. The maximum absolute atomic E-state index is 12.8. The second-order valence-corrected chi connectivity index (χ2v) is 8.34. The summed E-state index contributed by atoms with van der Waals surface area (Å²) in [5.41, 5.74) is -0.0311. The van der Waals surface area contributed by atoms with E-state index in [0.29, 0.717) is 10.8 Å². The lowest BCUT2D eigenvalue weighted by molar-refractivity contribution is -0.148. The van der Waals surface area contributed by atoms with Gasteiger partial charge < -0.3 is 19.5 Å². The van der Waals surface area contributed by atoms with Gasteiger partial charge in [-0.1, -0.05) is 0 Å². The summed E-state index contributed by atoms with van der Waals surface area (Å²) < 4.78 is 15.2. The normalized spacial score (nSPS) is 21.9. The Morgan fingerprint density at radius 1 is 1.29 bits per heavy atom. The average Bonchev–Trinajstić information content (AvgIpc) is 3.23. The lowest BCUT2D eigenvalue weighted by Crippen LogP contribution is -2.46. The van der Waals surface area contributed by atoms with E-state index in [4.69, 9.17) is 14.2 Å². The number of aromatic nitrogens is 1. The zero-order valence-electron chi connectivity index (χ0n) is 17.0. The minimum atomic E-state index is -0.969. The van der Waals surface area contributed by atoms with Crippen LogP contribution in [0.25, 0.3) is 0 Å². The van der Waals surface area contributed by atoms with Gasteiger partial charge in [-0.25, -0.2) is 14.6 Å². The first-order chi connectivity index (χ1) is 13.1. The van der Waals surface area contributed by atoms with Crippen LogP contribution in [0.2, 0.25) is 0 Å². The maximum Gasteiger partial charge on any atom is 0.411 e. The fourth-order valence-electron chi connectivity index (χ4n) is 3.26. The first-order valence-electron chi connectivity index (χ1n) is 8.88. The number of hydrogen-bond acceptors (Lipinski definition) is 9. The summed E-state index contributed by atoms with van der Waals surface area (Å²) in [4.78, 5) is 43.2. The van der Waals surface area contributed by atoms with E-state index >= 15 is 0 Å². The maximum atomic E-state index is 12.8. The molecule has 1 aliphatic rings. The van der Waals surface area contributed by atoms with Crippen LogP contribution in [0.4, 0.5) is 9.93 Å². The predicted octanol–water partition coefficient (Wildman–Crippen LogP) is 2.24. The van der Waals surface area contributed by atoms with Crippen molar-refractivity contribution in [2.24, 2.45) is 5.92 Å². The van der Waals surface area contributed by atoms with Crippen LogP contribution < -0.4 is 5.32 Å². The lowest BCUT2D eigenvalue weighted by atomic mass is 9.86. The van der Waals surface area contributed by atoms with E-state index in [0.717, 1.165) is 0 Å². The highest BCUT2D eigenvalue weighted by Gasteiger charge is 2.51. The Labute approximate surface area is 168 Å². The van der Waals surface area contributed by atoms with Crippen LogP contribution in [0, 0.1) is 5.92 Å². The highest BCUT2D eigenvalue weighted by atomic mass is 32.1. The van der Waals surface area contributed by atoms with E-state index in [1.807, 2.05) is 5.38 Å². The van der Waals surface area contributed by atoms with Crippen LogP contribution in [0.3, 0.4) is 0 Å². The standard InChI is InChI=1S/C18H27N3O6S/c1-18(2,3)27-17(24)21-8-11(12-9-28-16(19-4)20-12)10(7-13(22)25-5)14(21)15(23)26-6/h9-11,14H,7-8H2,1-6H3,(H,19,20)/t10-,11+,14-/m0/s1. The Kier molecular flexibility index (Phi) is 6.87. The molecule has 1 aliphatic heterocycles. The molecule has 1 aromatic rings. The minimum absolute atomic E-state index is 0.0490. The molecule has 0 bridgehead atoms. The van der Waals surface area contributed by atoms with Gasteiger partial charge in [-0.15, -0.1) is 11.3 Å². The molecule has 0 spiro atoms. The summed E-state index contributed by atoms with van der Waals surface area (Å²) >= 11 is 1.41. The summed E-state index contributed by atoms with van der Waals surface area (Å²) in [5.74, 6) is -1.96. The summed E-state index contributed by atoms with van der Waals surface area (Å²) in [6.07, 6.45) is -0.684. The van der Waals surface area contributed by atoms with Crippen molar-refractivity contribution < 1.29 is 28.6 Å². The molecule has 0 aromatic carbocycles. The van der Waals surface area contributed by atoms with Crippen LogP contribution in [-0.4, -0.2) is 67.4 Å². The number of likely N-dealkylation sites (tertiary alicyclic amines) is 1. The summed E-state index contributed by atoms with van der Waals surface area (Å²) in [7, 11) is 4.29. The van der Waals surface area contributed by atoms with Crippen molar-refractivity contribution in [1.82, 2.24) is 9.88 Å². The van der Waals surface area contributed by atoms with E-state index in [1.54, 1.807) is 27.8 Å². The molecule has 28 heavy (non-hydrogen) atoms. The Hall–Kier alpha value is -2.36. The Morgan fingerprint density at radius 3 is 2.46 bits per heavy atom. The number of nitrogens with zero attached hydrogens (tertiary/aromatic N) is 2. The van der Waals surface area contributed by atoms with E-state index in [2.05, 4.69) is 10.3 Å². The van der Waals surface area contributed by atoms with Crippen LogP contribution >= 0.6 is 11.3 Å².